The highest BCUT2D eigenvalue weighted by molar-refractivity contribution is 7.99. The van der Waals surface area contributed by atoms with E-state index in [4.69, 9.17) is 20.8 Å². The molecule has 4 rings (SSSR count). The Labute approximate surface area is 170 Å². The third-order valence-electron chi connectivity index (χ3n) is 4.02. The lowest BCUT2D eigenvalue weighted by Gasteiger charge is -2.03. The second-order valence-electron chi connectivity index (χ2n) is 5.98. The summed E-state index contributed by atoms with van der Waals surface area (Å²) in [6.07, 6.45) is 0. The Hall–Kier alpha value is -2.83. The standard InChI is InChI=1S/C21H15ClN2O3S/c22-17-7-9-18(10-8-17)26-12-20-23-24-21(27-20)28-13-19(25)16-6-5-14-3-1-2-4-15(14)11-16/h1-11H,12-13H2. The van der Waals surface area contributed by atoms with Gasteiger partial charge in [0.05, 0.1) is 5.75 Å². The van der Waals surface area contributed by atoms with E-state index in [9.17, 15) is 4.79 Å². The molecule has 0 N–H and O–H groups in total. The quantitative estimate of drug-likeness (QED) is 0.299. The summed E-state index contributed by atoms with van der Waals surface area (Å²) in [5.74, 6) is 1.23. The highest BCUT2D eigenvalue weighted by Crippen LogP contribution is 2.21. The van der Waals surface area contributed by atoms with Crippen molar-refractivity contribution in [3.8, 4) is 5.75 Å². The van der Waals surface area contributed by atoms with Gasteiger partial charge in [0.2, 0.25) is 0 Å². The molecule has 0 saturated carbocycles. The van der Waals surface area contributed by atoms with Crippen molar-refractivity contribution in [2.75, 3.05) is 5.75 Å². The number of halogens is 1. The van der Waals surface area contributed by atoms with Gasteiger partial charge in [-0.05, 0) is 41.1 Å². The zero-order valence-corrected chi connectivity index (χ0v) is 16.2. The number of thioether (sulfide) groups is 1. The van der Waals surface area contributed by atoms with Gasteiger partial charge in [0.15, 0.2) is 12.4 Å². The summed E-state index contributed by atoms with van der Waals surface area (Å²) in [7, 11) is 0. The fraction of sp³-hybridized carbons (Fsp3) is 0.0952. The number of rotatable bonds is 7. The largest absolute Gasteiger partial charge is 0.484 e. The molecule has 5 nitrogen and oxygen atoms in total. The van der Waals surface area contributed by atoms with Crippen molar-refractivity contribution >= 4 is 39.9 Å². The molecule has 0 saturated heterocycles. The lowest BCUT2D eigenvalue weighted by Crippen LogP contribution is -2.02. The molecule has 1 aromatic heterocycles. The summed E-state index contributed by atoms with van der Waals surface area (Å²) in [5, 5.41) is 11.0. The fourth-order valence-corrected chi connectivity index (χ4v) is 3.41. The second kappa shape index (κ2) is 8.46. The zero-order chi connectivity index (χ0) is 19.3. The Morgan fingerprint density at radius 1 is 1.00 bits per heavy atom. The number of Topliss-reactive ketones (excluding diaryl/α,β-unsaturated/α-hetero) is 1. The molecule has 0 atom stereocenters. The predicted molar refractivity (Wildman–Crippen MR) is 109 cm³/mol. The molecule has 0 bridgehead atoms. The first-order chi connectivity index (χ1) is 13.7. The maximum Gasteiger partial charge on any atom is 0.277 e. The third-order valence-corrected chi connectivity index (χ3v) is 5.09. The van der Waals surface area contributed by atoms with Crippen LogP contribution in [0.15, 0.2) is 76.4 Å². The predicted octanol–water partition coefficient (Wildman–Crippen LogP) is 5.43. The number of carbonyl (C=O) groups excluding carboxylic acids is 1. The molecule has 0 aliphatic carbocycles. The highest BCUT2D eigenvalue weighted by Gasteiger charge is 2.12. The Balaban J connectivity index is 1.33. The van der Waals surface area contributed by atoms with Crippen LogP contribution in [0.2, 0.25) is 5.02 Å². The van der Waals surface area contributed by atoms with Crippen LogP contribution in [-0.4, -0.2) is 21.7 Å². The summed E-state index contributed by atoms with van der Waals surface area (Å²) >= 11 is 7.05. The number of hydrogen-bond donors (Lipinski definition) is 0. The third kappa shape index (κ3) is 4.52. The van der Waals surface area contributed by atoms with E-state index in [1.54, 1.807) is 24.3 Å². The number of hydrogen-bond acceptors (Lipinski definition) is 6. The molecular formula is C21H15ClN2O3S. The molecule has 1 heterocycles. The van der Waals surface area contributed by atoms with Gasteiger partial charge in [0, 0.05) is 10.6 Å². The number of ether oxygens (including phenoxy) is 1. The molecule has 0 unspecified atom stereocenters. The molecular weight excluding hydrogens is 396 g/mol. The Bertz CT molecular complexity index is 1110. The number of carbonyl (C=O) groups is 1. The molecule has 0 aliphatic rings. The number of fused-ring (bicyclic) bond motifs is 1. The normalized spacial score (nSPS) is 10.9. The van der Waals surface area contributed by atoms with Crippen molar-refractivity contribution in [3.63, 3.8) is 0 Å². The maximum absolute atomic E-state index is 12.5. The second-order valence-corrected chi connectivity index (χ2v) is 7.34. The molecule has 0 spiro atoms. The minimum absolute atomic E-state index is 0.00733. The van der Waals surface area contributed by atoms with Gasteiger partial charge in [-0.25, -0.2) is 0 Å². The van der Waals surface area contributed by atoms with Crippen LogP contribution < -0.4 is 4.74 Å². The van der Waals surface area contributed by atoms with Crippen molar-refractivity contribution in [1.29, 1.82) is 0 Å². The first kappa shape index (κ1) is 18.5. The lowest BCUT2D eigenvalue weighted by atomic mass is 10.1. The molecule has 0 radical (unpaired) electrons. The van der Waals surface area contributed by atoms with E-state index in [0.29, 0.717) is 27.4 Å². The Morgan fingerprint density at radius 3 is 2.61 bits per heavy atom. The van der Waals surface area contributed by atoms with Gasteiger partial charge in [-0.15, -0.1) is 10.2 Å². The smallest absolute Gasteiger partial charge is 0.277 e. The van der Waals surface area contributed by atoms with E-state index in [1.807, 2.05) is 42.5 Å². The van der Waals surface area contributed by atoms with Crippen LogP contribution in [0.25, 0.3) is 10.8 Å². The van der Waals surface area contributed by atoms with Crippen LogP contribution >= 0.6 is 23.4 Å². The molecule has 28 heavy (non-hydrogen) atoms. The SMILES string of the molecule is O=C(CSc1nnc(COc2ccc(Cl)cc2)o1)c1ccc2ccccc2c1. The van der Waals surface area contributed by atoms with Crippen LogP contribution in [0, 0.1) is 0 Å². The zero-order valence-electron chi connectivity index (χ0n) is 14.7. The van der Waals surface area contributed by atoms with Gasteiger partial charge in [-0.1, -0.05) is 59.8 Å². The highest BCUT2D eigenvalue weighted by atomic mass is 35.5. The Kier molecular flexibility index (Phi) is 5.60. The first-order valence-corrected chi connectivity index (χ1v) is 9.89. The summed E-state index contributed by atoms with van der Waals surface area (Å²) in [6, 6.07) is 20.6. The van der Waals surface area contributed by atoms with E-state index < -0.39 is 0 Å². The van der Waals surface area contributed by atoms with Crippen molar-refractivity contribution in [1.82, 2.24) is 10.2 Å². The molecule has 0 fully saturated rings. The summed E-state index contributed by atoms with van der Waals surface area (Å²) in [4.78, 5) is 12.5. The van der Waals surface area contributed by atoms with Crippen molar-refractivity contribution in [2.24, 2.45) is 0 Å². The lowest BCUT2D eigenvalue weighted by molar-refractivity contribution is 0.102. The Morgan fingerprint density at radius 2 is 1.79 bits per heavy atom. The van der Waals surface area contributed by atoms with Crippen molar-refractivity contribution in [3.05, 3.63) is 83.2 Å². The van der Waals surface area contributed by atoms with E-state index in [0.717, 1.165) is 10.8 Å². The van der Waals surface area contributed by atoms with Gasteiger partial charge in [0.1, 0.15) is 5.75 Å². The van der Waals surface area contributed by atoms with Gasteiger partial charge < -0.3 is 9.15 Å². The van der Waals surface area contributed by atoms with Crippen LogP contribution in [0.5, 0.6) is 5.75 Å². The average molecular weight is 411 g/mol. The molecule has 4 aromatic rings. The van der Waals surface area contributed by atoms with Crippen molar-refractivity contribution in [2.45, 2.75) is 11.8 Å². The minimum atomic E-state index is 0.00733. The average Bonchev–Trinajstić information content (AvgIpc) is 3.19. The number of aromatic nitrogens is 2. The molecule has 0 aliphatic heterocycles. The monoisotopic (exact) mass is 410 g/mol. The first-order valence-electron chi connectivity index (χ1n) is 8.53. The van der Waals surface area contributed by atoms with Crippen LogP contribution in [-0.2, 0) is 6.61 Å². The van der Waals surface area contributed by atoms with Gasteiger partial charge in [-0.3, -0.25) is 4.79 Å². The van der Waals surface area contributed by atoms with Gasteiger partial charge >= 0.3 is 0 Å². The maximum atomic E-state index is 12.5. The van der Waals surface area contributed by atoms with E-state index in [-0.39, 0.29) is 18.1 Å². The molecule has 140 valence electrons. The molecule has 3 aromatic carbocycles. The summed E-state index contributed by atoms with van der Waals surface area (Å²) in [6.45, 7) is 0.147. The van der Waals surface area contributed by atoms with Crippen LogP contribution in [0.1, 0.15) is 16.2 Å². The molecule has 0 amide bonds. The minimum Gasteiger partial charge on any atom is -0.484 e. The summed E-state index contributed by atoms with van der Waals surface area (Å²) < 4.78 is 11.1. The fourth-order valence-electron chi connectivity index (χ4n) is 2.60. The van der Waals surface area contributed by atoms with Crippen LogP contribution in [0.3, 0.4) is 0 Å². The molecule has 7 heteroatoms. The number of nitrogens with zero attached hydrogens (tertiary/aromatic N) is 2. The van der Waals surface area contributed by atoms with E-state index in [1.165, 1.54) is 11.8 Å². The van der Waals surface area contributed by atoms with Crippen molar-refractivity contribution < 1.29 is 13.9 Å². The van der Waals surface area contributed by atoms with E-state index in [2.05, 4.69) is 10.2 Å². The van der Waals surface area contributed by atoms with Gasteiger partial charge in [-0.2, -0.15) is 0 Å². The topological polar surface area (TPSA) is 65.2 Å². The summed E-state index contributed by atoms with van der Waals surface area (Å²) in [5.41, 5.74) is 0.664. The van der Waals surface area contributed by atoms with Gasteiger partial charge in [0.25, 0.3) is 11.1 Å². The van der Waals surface area contributed by atoms with Crippen LogP contribution in [0.4, 0.5) is 0 Å². The van der Waals surface area contributed by atoms with E-state index >= 15 is 0 Å². The number of ketones is 1. The number of benzene rings is 3.